The normalized spacial score (nSPS) is 15.2. The second-order valence-electron chi connectivity index (χ2n) is 6.70. The number of carbonyl (C=O) groups is 2. The van der Waals surface area contributed by atoms with Crippen molar-refractivity contribution in [2.24, 2.45) is 0 Å². The van der Waals surface area contributed by atoms with Gasteiger partial charge in [-0.05, 0) is 29.8 Å². The summed E-state index contributed by atoms with van der Waals surface area (Å²) in [7, 11) is 3.02. The predicted molar refractivity (Wildman–Crippen MR) is 106 cm³/mol. The van der Waals surface area contributed by atoms with Crippen LogP contribution in [0.25, 0.3) is 0 Å². The molecular weight excluding hydrogens is 391 g/mol. The van der Waals surface area contributed by atoms with Crippen LogP contribution in [0.15, 0.2) is 48.7 Å². The van der Waals surface area contributed by atoms with Crippen molar-refractivity contribution in [2.75, 3.05) is 19.5 Å². The molecule has 1 atom stereocenters. The van der Waals surface area contributed by atoms with E-state index in [0.29, 0.717) is 23.7 Å². The fourth-order valence-corrected chi connectivity index (χ4v) is 3.28. The molecule has 2 amide bonds. The molecule has 2 heterocycles. The van der Waals surface area contributed by atoms with Gasteiger partial charge >= 0.3 is 0 Å². The Hall–Kier alpha value is -3.88. The molecule has 1 aliphatic rings. The highest BCUT2D eigenvalue weighted by Gasteiger charge is 2.29. The minimum absolute atomic E-state index is 0.0952. The summed E-state index contributed by atoms with van der Waals surface area (Å²) in [5.74, 6) is -0.0768. The first-order valence-electron chi connectivity index (χ1n) is 9.15. The van der Waals surface area contributed by atoms with Crippen molar-refractivity contribution in [1.29, 1.82) is 0 Å². The summed E-state index contributed by atoms with van der Waals surface area (Å²) in [6.45, 7) is 0.374. The van der Waals surface area contributed by atoms with Gasteiger partial charge in [-0.15, -0.1) is 0 Å². The van der Waals surface area contributed by atoms with Crippen LogP contribution >= 0.6 is 0 Å². The van der Waals surface area contributed by atoms with Gasteiger partial charge in [-0.2, -0.15) is 0 Å². The van der Waals surface area contributed by atoms with Crippen LogP contribution in [0.3, 0.4) is 0 Å². The third kappa shape index (κ3) is 3.69. The van der Waals surface area contributed by atoms with Crippen LogP contribution in [-0.4, -0.2) is 35.6 Å². The molecule has 8 nitrogen and oxygen atoms in total. The average molecular weight is 410 g/mol. The van der Waals surface area contributed by atoms with Gasteiger partial charge in [0.15, 0.2) is 5.82 Å². The number of benzene rings is 2. The number of fused-ring (bicyclic) bond motifs is 1. The van der Waals surface area contributed by atoms with Gasteiger partial charge in [0.05, 0.1) is 25.9 Å². The summed E-state index contributed by atoms with van der Waals surface area (Å²) in [6.07, 6.45) is 1.52. The maximum absolute atomic E-state index is 13.2. The first-order chi connectivity index (χ1) is 14.5. The zero-order valence-corrected chi connectivity index (χ0v) is 16.3. The Morgan fingerprint density at radius 2 is 1.97 bits per heavy atom. The van der Waals surface area contributed by atoms with Crippen LogP contribution in [0.1, 0.15) is 32.7 Å². The smallest absolute Gasteiger partial charge is 0.287 e. The first-order valence-corrected chi connectivity index (χ1v) is 9.15. The van der Waals surface area contributed by atoms with Crippen molar-refractivity contribution in [3.05, 3.63) is 71.6 Å². The lowest BCUT2D eigenvalue weighted by atomic mass is 10.1. The number of nitrogens with zero attached hydrogens (tertiary/aromatic N) is 2. The molecule has 2 aromatic carbocycles. The first kappa shape index (κ1) is 19.4. The Morgan fingerprint density at radius 3 is 2.67 bits per heavy atom. The van der Waals surface area contributed by atoms with Gasteiger partial charge in [0.2, 0.25) is 0 Å². The number of hydrogen-bond donors (Lipinski definition) is 2. The zero-order valence-electron chi connectivity index (χ0n) is 16.3. The number of ether oxygens (including phenoxy) is 2. The molecule has 154 valence electrons. The SMILES string of the molecule is COc1ccc(NC(=O)c2cn3c(n2)C(=O)NC(c2ccc(F)cc2)C3)c(OC)c1. The van der Waals surface area contributed by atoms with Gasteiger partial charge in [-0.3, -0.25) is 9.59 Å². The van der Waals surface area contributed by atoms with Gasteiger partial charge in [-0.25, -0.2) is 9.37 Å². The van der Waals surface area contributed by atoms with E-state index in [9.17, 15) is 14.0 Å². The van der Waals surface area contributed by atoms with E-state index in [1.165, 1.54) is 32.5 Å². The topological polar surface area (TPSA) is 94.5 Å². The number of rotatable bonds is 5. The van der Waals surface area contributed by atoms with E-state index >= 15 is 0 Å². The maximum atomic E-state index is 13.2. The van der Waals surface area contributed by atoms with Crippen molar-refractivity contribution in [1.82, 2.24) is 14.9 Å². The molecule has 2 N–H and O–H groups in total. The molecule has 0 fully saturated rings. The van der Waals surface area contributed by atoms with Crippen LogP contribution in [0.2, 0.25) is 0 Å². The monoisotopic (exact) mass is 410 g/mol. The number of aromatic nitrogens is 2. The van der Waals surface area contributed by atoms with Gasteiger partial charge in [0.25, 0.3) is 11.8 Å². The number of carbonyl (C=O) groups excluding carboxylic acids is 2. The van der Waals surface area contributed by atoms with Gasteiger partial charge in [0.1, 0.15) is 23.0 Å². The van der Waals surface area contributed by atoms with Crippen molar-refractivity contribution in [2.45, 2.75) is 12.6 Å². The second-order valence-corrected chi connectivity index (χ2v) is 6.70. The molecule has 0 saturated carbocycles. The summed E-state index contributed by atoms with van der Waals surface area (Å²) in [4.78, 5) is 29.3. The van der Waals surface area contributed by atoms with Gasteiger partial charge < -0.3 is 24.7 Å². The highest BCUT2D eigenvalue weighted by Crippen LogP contribution is 2.29. The van der Waals surface area contributed by atoms with E-state index in [2.05, 4.69) is 15.6 Å². The van der Waals surface area contributed by atoms with Crippen molar-refractivity contribution in [3.63, 3.8) is 0 Å². The number of amides is 2. The summed E-state index contributed by atoms with van der Waals surface area (Å²) in [6, 6.07) is 10.6. The molecule has 4 rings (SSSR count). The standard InChI is InChI=1S/C21H19FN4O4/c1-29-14-7-8-15(18(9-14)30-2)24-20(27)17-11-26-10-16(25-21(28)19(26)23-17)12-3-5-13(22)6-4-12/h3-9,11,16H,10H2,1-2H3,(H,24,27)(H,25,28). The molecule has 1 unspecified atom stereocenters. The van der Waals surface area contributed by atoms with E-state index in [1.54, 1.807) is 34.9 Å². The summed E-state index contributed by atoms with van der Waals surface area (Å²) in [5, 5.41) is 5.56. The van der Waals surface area contributed by atoms with Crippen molar-refractivity contribution >= 4 is 17.5 Å². The molecule has 1 aromatic heterocycles. The Balaban J connectivity index is 1.55. The third-order valence-corrected chi connectivity index (χ3v) is 4.83. The zero-order chi connectivity index (χ0) is 21.3. The van der Waals surface area contributed by atoms with E-state index < -0.39 is 11.8 Å². The lowest BCUT2D eigenvalue weighted by Gasteiger charge is -2.25. The van der Waals surface area contributed by atoms with Crippen LogP contribution in [0.4, 0.5) is 10.1 Å². The molecule has 0 spiro atoms. The Bertz CT molecular complexity index is 1110. The highest BCUT2D eigenvalue weighted by molar-refractivity contribution is 6.04. The van der Waals surface area contributed by atoms with Crippen LogP contribution < -0.4 is 20.1 Å². The lowest BCUT2D eigenvalue weighted by molar-refractivity contribution is 0.0894. The minimum Gasteiger partial charge on any atom is -0.497 e. The summed E-state index contributed by atoms with van der Waals surface area (Å²) in [5.41, 5.74) is 1.30. The number of imidazole rings is 1. The number of halogens is 1. The fourth-order valence-electron chi connectivity index (χ4n) is 3.28. The van der Waals surface area contributed by atoms with Crippen molar-refractivity contribution < 1.29 is 23.5 Å². The second kappa shape index (κ2) is 7.86. The predicted octanol–water partition coefficient (Wildman–Crippen LogP) is 2.78. The van der Waals surface area contributed by atoms with Crippen LogP contribution in [0.5, 0.6) is 11.5 Å². The van der Waals surface area contributed by atoms with Crippen molar-refractivity contribution in [3.8, 4) is 11.5 Å². The molecule has 30 heavy (non-hydrogen) atoms. The number of nitrogens with one attached hydrogen (secondary N) is 2. The largest absolute Gasteiger partial charge is 0.497 e. The Labute approximate surface area is 171 Å². The Kier molecular flexibility index (Phi) is 5.09. The molecule has 0 aliphatic carbocycles. The molecule has 3 aromatic rings. The van der Waals surface area contributed by atoms with Gasteiger partial charge in [0, 0.05) is 18.8 Å². The van der Waals surface area contributed by atoms with E-state index in [-0.39, 0.29) is 23.4 Å². The van der Waals surface area contributed by atoms with E-state index in [1.807, 2.05) is 0 Å². The molecule has 0 bridgehead atoms. The molecular formula is C21H19FN4O4. The minimum atomic E-state index is -0.480. The van der Waals surface area contributed by atoms with Gasteiger partial charge in [-0.1, -0.05) is 12.1 Å². The van der Waals surface area contributed by atoms with Crippen LogP contribution in [-0.2, 0) is 6.54 Å². The Morgan fingerprint density at radius 1 is 1.20 bits per heavy atom. The maximum Gasteiger partial charge on any atom is 0.287 e. The molecule has 0 radical (unpaired) electrons. The summed E-state index contributed by atoms with van der Waals surface area (Å²) < 4.78 is 25.2. The molecule has 9 heteroatoms. The highest BCUT2D eigenvalue weighted by atomic mass is 19.1. The van der Waals surface area contributed by atoms with Crippen LogP contribution in [0, 0.1) is 5.82 Å². The molecule has 1 aliphatic heterocycles. The van der Waals surface area contributed by atoms with E-state index in [4.69, 9.17) is 9.47 Å². The van der Waals surface area contributed by atoms with E-state index in [0.717, 1.165) is 5.56 Å². The fraction of sp³-hybridized carbons (Fsp3) is 0.190. The number of methoxy groups -OCH3 is 2. The average Bonchev–Trinajstić information content (AvgIpc) is 3.19. The molecule has 0 saturated heterocycles. The number of anilines is 1. The lowest BCUT2D eigenvalue weighted by Crippen LogP contribution is -2.38. The quantitative estimate of drug-likeness (QED) is 0.675. The third-order valence-electron chi connectivity index (χ3n) is 4.83. The summed E-state index contributed by atoms with van der Waals surface area (Å²) >= 11 is 0. The number of hydrogen-bond acceptors (Lipinski definition) is 5.